The molecule has 1 aliphatic heterocycles. The number of ether oxygens (including phenoxy) is 2. The molecule has 0 spiro atoms. The molecule has 0 amide bonds. The molecule has 4 nitrogen and oxygen atoms in total. The second kappa shape index (κ2) is 7.07. The van der Waals surface area contributed by atoms with Crippen molar-refractivity contribution >= 4 is 0 Å². The van der Waals surface area contributed by atoms with Gasteiger partial charge >= 0.3 is 0 Å². The number of hydrogen-bond donors (Lipinski definition) is 1. The van der Waals surface area contributed by atoms with Crippen molar-refractivity contribution in [3.63, 3.8) is 0 Å². The van der Waals surface area contributed by atoms with Crippen molar-refractivity contribution in [1.29, 1.82) is 0 Å². The summed E-state index contributed by atoms with van der Waals surface area (Å²) >= 11 is 0. The average Bonchev–Trinajstić information content (AvgIpc) is 2.37. The molecule has 1 fully saturated rings. The highest BCUT2D eigenvalue weighted by Gasteiger charge is 2.24. The van der Waals surface area contributed by atoms with Gasteiger partial charge in [-0.15, -0.1) is 0 Å². The quantitative estimate of drug-likeness (QED) is 0.892. The lowest BCUT2D eigenvalue weighted by atomic mass is 10.1. The molecule has 1 N–H and O–H groups in total. The molecule has 0 aromatic heterocycles. The van der Waals surface area contributed by atoms with Crippen LogP contribution in [0.4, 0.5) is 0 Å². The summed E-state index contributed by atoms with van der Waals surface area (Å²) in [6, 6.07) is 6.26. The number of nitrogens with zero attached hydrogens (tertiary/aromatic N) is 1. The highest BCUT2D eigenvalue weighted by molar-refractivity contribution is 5.32. The summed E-state index contributed by atoms with van der Waals surface area (Å²) in [4.78, 5) is 2.29. The summed E-state index contributed by atoms with van der Waals surface area (Å²) in [5, 5.41) is 9.21. The van der Waals surface area contributed by atoms with Crippen LogP contribution in [0.1, 0.15) is 18.1 Å². The number of benzene rings is 1. The first kappa shape index (κ1) is 15.3. The fraction of sp³-hybridized carbons (Fsp3) is 0.625. The van der Waals surface area contributed by atoms with Crippen molar-refractivity contribution in [1.82, 2.24) is 4.90 Å². The summed E-state index contributed by atoms with van der Waals surface area (Å²) in [5.74, 6) is 0.933. The van der Waals surface area contributed by atoms with Gasteiger partial charge in [-0.05, 0) is 44.0 Å². The van der Waals surface area contributed by atoms with Crippen molar-refractivity contribution in [2.45, 2.75) is 33.0 Å². The van der Waals surface area contributed by atoms with E-state index in [1.54, 1.807) is 0 Å². The zero-order chi connectivity index (χ0) is 14.5. The van der Waals surface area contributed by atoms with Gasteiger partial charge in [0.05, 0.1) is 18.8 Å². The van der Waals surface area contributed by atoms with Crippen LogP contribution in [0.5, 0.6) is 5.75 Å². The van der Waals surface area contributed by atoms with Gasteiger partial charge in [-0.25, -0.2) is 0 Å². The predicted octanol–water partition coefficient (Wildman–Crippen LogP) is 1.76. The van der Waals surface area contributed by atoms with Gasteiger partial charge in [-0.1, -0.05) is 6.07 Å². The van der Waals surface area contributed by atoms with E-state index < -0.39 is 0 Å². The second-order valence-electron chi connectivity index (χ2n) is 5.68. The molecule has 2 unspecified atom stereocenters. The van der Waals surface area contributed by atoms with E-state index in [1.807, 2.05) is 6.92 Å². The second-order valence-corrected chi connectivity index (χ2v) is 5.68. The van der Waals surface area contributed by atoms with Gasteiger partial charge < -0.3 is 14.6 Å². The minimum atomic E-state index is -0.0695. The molecule has 20 heavy (non-hydrogen) atoms. The molecular formula is C16H25NO3. The Balaban J connectivity index is 1.80. The summed E-state index contributed by atoms with van der Waals surface area (Å²) in [7, 11) is 0. The summed E-state index contributed by atoms with van der Waals surface area (Å²) in [6.45, 7) is 9.47. The number of morpholine rings is 1. The third-order valence-corrected chi connectivity index (χ3v) is 3.48. The van der Waals surface area contributed by atoms with Crippen molar-refractivity contribution < 1.29 is 14.6 Å². The SMILES string of the molecule is Cc1cc(C)cc(OCCN2CC(C)OC(CO)C2)c1. The van der Waals surface area contributed by atoms with Gasteiger partial charge in [0.2, 0.25) is 0 Å². The smallest absolute Gasteiger partial charge is 0.119 e. The highest BCUT2D eigenvalue weighted by Crippen LogP contribution is 2.16. The Kier molecular flexibility index (Phi) is 5.40. The van der Waals surface area contributed by atoms with Crippen LogP contribution in [0.25, 0.3) is 0 Å². The van der Waals surface area contributed by atoms with Crippen LogP contribution in [-0.2, 0) is 4.74 Å². The fourth-order valence-corrected chi connectivity index (χ4v) is 2.73. The van der Waals surface area contributed by atoms with E-state index in [2.05, 4.69) is 36.9 Å². The topological polar surface area (TPSA) is 41.9 Å². The van der Waals surface area contributed by atoms with E-state index in [9.17, 15) is 5.11 Å². The zero-order valence-electron chi connectivity index (χ0n) is 12.6. The molecular weight excluding hydrogens is 254 g/mol. The van der Waals surface area contributed by atoms with Gasteiger partial charge in [-0.3, -0.25) is 4.90 Å². The monoisotopic (exact) mass is 279 g/mol. The summed E-state index contributed by atoms with van der Waals surface area (Å²) in [5.41, 5.74) is 2.45. The van der Waals surface area contributed by atoms with E-state index >= 15 is 0 Å². The minimum absolute atomic E-state index is 0.0695. The van der Waals surface area contributed by atoms with Crippen LogP contribution in [0.2, 0.25) is 0 Å². The van der Waals surface area contributed by atoms with Crippen LogP contribution in [0.3, 0.4) is 0 Å². The van der Waals surface area contributed by atoms with Crippen LogP contribution >= 0.6 is 0 Å². The van der Waals surface area contributed by atoms with E-state index in [4.69, 9.17) is 9.47 Å². The minimum Gasteiger partial charge on any atom is -0.492 e. The molecule has 0 saturated carbocycles. The molecule has 1 aliphatic rings. The number of hydrogen-bond acceptors (Lipinski definition) is 4. The Bertz CT molecular complexity index is 415. The first-order chi connectivity index (χ1) is 9.56. The van der Waals surface area contributed by atoms with Crippen LogP contribution in [-0.4, -0.2) is 55.1 Å². The standard InChI is InChI=1S/C16H25NO3/c1-12-6-13(2)8-15(7-12)19-5-4-17-9-14(3)20-16(10-17)11-18/h6-8,14,16,18H,4-5,9-11H2,1-3H3. The van der Waals surface area contributed by atoms with Crippen LogP contribution < -0.4 is 4.74 Å². The first-order valence-corrected chi connectivity index (χ1v) is 7.26. The largest absolute Gasteiger partial charge is 0.492 e. The van der Waals surface area contributed by atoms with E-state index in [1.165, 1.54) is 11.1 Å². The molecule has 1 heterocycles. The Hall–Kier alpha value is -1.10. The van der Waals surface area contributed by atoms with Crippen LogP contribution in [0, 0.1) is 13.8 Å². The number of rotatable bonds is 5. The lowest BCUT2D eigenvalue weighted by molar-refractivity contribution is -0.0965. The molecule has 2 rings (SSSR count). The summed E-state index contributed by atoms with van der Waals surface area (Å²) in [6.07, 6.45) is 0.0991. The number of aliphatic hydroxyl groups excluding tert-OH is 1. The number of aliphatic hydroxyl groups is 1. The van der Waals surface area contributed by atoms with Crippen molar-refractivity contribution in [2.24, 2.45) is 0 Å². The average molecular weight is 279 g/mol. The molecule has 2 atom stereocenters. The maximum Gasteiger partial charge on any atom is 0.119 e. The molecule has 4 heteroatoms. The lowest BCUT2D eigenvalue weighted by Crippen LogP contribution is -2.49. The predicted molar refractivity (Wildman–Crippen MR) is 79.3 cm³/mol. The van der Waals surface area contributed by atoms with Gasteiger partial charge in [-0.2, -0.15) is 0 Å². The Labute approximate surface area is 121 Å². The van der Waals surface area contributed by atoms with Gasteiger partial charge in [0.25, 0.3) is 0 Å². The fourth-order valence-electron chi connectivity index (χ4n) is 2.73. The Morgan fingerprint density at radius 1 is 1.25 bits per heavy atom. The normalized spacial score (nSPS) is 23.8. The Morgan fingerprint density at radius 3 is 2.60 bits per heavy atom. The third-order valence-electron chi connectivity index (χ3n) is 3.48. The van der Waals surface area contributed by atoms with E-state index in [-0.39, 0.29) is 18.8 Å². The van der Waals surface area contributed by atoms with E-state index in [0.29, 0.717) is 6.61 Å². The van der Waals surface area contributed by atoms with Crippen LogP contribution in [0.15, 0.2) is 18.2 Å². The van der Waals surface area contributed by atoms with Gasteiger partial charge in [0.15, 0.2) is 0 Å². The molecule has 0 bridgehead atoms. The molecule has 0 aliphatic carbocycles. The molecule has 112 valence electrons. The van der Waals surface area contributed by atoms with Gasteiger partial charge in [0, 0.05) is 19.6 Å². The number of aryl methyl sites for hydroxylation is 2. The summed E-state index contributed by atoms with van der Waals surface area (Å²) < 4.78 is 11.5. The maximum atomic E-state index is 9.21. The van der Waals surface area contributed by atoms with Gasteiger partial charge in [0.1, 0.15) is 12.4 Å². The Morgan fingerprint density at radius 2 is 1.95 bits per heavy atom. The molecule has 1 saturated heterocycles. The zero-order valence-corrected chi connectivity index (χ0v) is 12.6. The maximum absolute atomic E-state index is 9.21. The van der Waals surface area contributed by atoms with Crippen molar-refractivity contribution in [3.8, 4) is 5.75 Å². The van der Waals surface area contributed by atoms with E-state index in [0.717, 1.165) is 25.4 Å². The molecule has 1 aromatic rings. The highest BCUT2D eigenvalue weighted by atomic mass is 16.5. The van der Waals surface area contributed by atoms with Crippen molar-refractivity contribution in [2.75, 3.05) is 32.8 Å². The lowest BCUT2D eigenvalue weighted by Gasteiger charge is -2.35. The van der Waals surface area contributed by atoms with Crippen molar-refractivity contribution in [3.05, 3.63) is 29.3 Å². The first-order valence-electron chi connectivity index (χ1n) is 7.26. The molecule has 1 aromatic carbocycles. The third kappa shape index (κ3) is 4.47. The molecule has 0 radical (unpaired) electrons.